The molecule has 0 fully saturated rings. The molecule has 166 valence electrons. The number of nitrogens with one attached hydrogen (secondary N) is 1. The summed E-state index contributed by atoms with van der Waals surface area (Å²) in [5.74, 6) is -0.653. The maximum absolute atomic E-state index is 12.8. The number of hydrogen-bond acceptors (Lipinski definition) is 4. The number of aromatic nitrogens is 1. The van der Waals surface area contributed by atoms with E-state index in [1.165, 1.54) is 24.3 Å². The van der Waals surface area contributed by atoms with E-state index >= 15 is 0 Å². The quantitative estimate of drug-likeness (QED) is 0.605. The smallest absolute Gasteiger partial charge is 0.322 e. The first-order chi connectivity index (χ1) is 15.2. The summed E-state index contributed by atoms with van der Waals surface area (Å²) >= 11 is 6.57. The van der Waals surface area contributed by atoms with Gasteiger partial charge in [-0.25, -0.2) is 13.2 Å². The normalized spacial score (nSPS) is 13.5. The first-order valence-electron chi connectivity index (χ1n) is 9.79. The number of amides is 3. The zero-order valence-corrected chi connectivity index (χ0v) is 18.8. The molecule has 0 bridgehead atoms. The number of carbonyl (C=O) groups excluding carboxylic acids is 2. The largest absolute Gasteiger partial charge is 0.365 e. The second-order valence-corrected chi connectivity index (χ2v) is 9.91. The van der Waals surface area contributed by atoms with Crippen molar-refractivity contribution < 1.29 is 18.0 Å². The number of primary amides is 1. The highest BCUT2D eigenvalue weighted by molar-refractivity contribution is 7.90. The van der Waals surface area contributed by atoms with E-state index in [1.54, 1.807) is 4.90 Å². The fourth-order valence-electron chi connectivity index (χ4n) is 3.82. The van der Waals surface area contributed by atoms with E-state index in [1.807, 2.05) is 34.9 Å². The van der Waals surface area contributed by atoms with Crippen molar-refractivity contribution in [1.29, 1.82) is 0 Å². The minimum Gasteiger partial charge on any atom is -0.365 e. The number of halogens is 1. The standard InChI is InChI=1S/C22H21ClN4O4S/c1-32(30,31)16-9-7-15(8-10-16)25-22(29)26-11-12-27-17(13-26)18(21(24)28)19(23)20(27)14-5-3-2-4-6-14/h2-10H,11-13H2,1H3,(H2,24,28)(H,25,29). The lowest BCUT2D eigenvalue weighted by Gasteiger charge is -2.30. The molecular formula is C22H21ClN4O4S. The molecule has 2 heterocycles. The van der Waals surface area contributed by atoms with E-state index in [9.17, 15) is 18.0 Å². The van der Waals surface area contributed by atoms with Crippen molar-refractivity contribution in [2.75, 3.05) is 18.1 Å². The average molecular weight is 473 g/mol. The van der Waals surface area contributed by atoms with Crippen LogP contribution in [0.15, 0.2) is 59.5 Å². The Balaban J connectivity index is 1.61. The van der Waals surface area contributed by atoms with Crippen molar-refractivity contribution in [3.63, 3.8) is 0 Å². The zero-order valence-electron chi connectivity index (χ0n) is 17.2. The number of fused-ring (bicyclic) bond motifs is 1. The summed E-state index contributed by atoms with van der Waals surface area (Å²) < 4.78 is 25.1. The summed E-state index contributed by atoms with van der Waals surface area (Å²) in [7, 11) is -3.32. The Morgan fingerprint density at radius 2 is 1.69 bits per heavy atom. The number of benzene rings is 2. The lowest BCUT2D eigenvalue weighted by atomic mass is 10.1. The maximum Gasteiger partial charge on any atom is 0.322 e. The molecule has 32 heavy (non-hydrogen) atoms. The molecule has 3 N–H and O–H groups in total. The van der Waals surface area contributed by atoms with Crippen molar-refractivity contribution >= 4 is 39.1 Å². The molecule has 1 aromatic heterocycles. The number of nitrogens with two attached hydrogens (primary N) is 1. The number of carbonyl (C=O) groups is 2. The minimum atomic E-state index is -3.32. The summed E-state index contributed by atoms with van der Waals surface area (Å²) in [6.45, 7) is 0.981. The van der Waals surface area contributed by atoms with E-state index in [4.69, 9.17) is 17.3 Å². The van der Waals surface area contributed by atoms with Gasteiger partial charge in [0.1, 0.15) is 0 Å². The molecule has 4 rings (SSSR count). The van der Waals surface area contributed by atoms with Gasteiger partial charge in [-0.15, -0.1) is 0 Å². The monoisotopic (exact) mass is 472 g/mol. The number of anilines is 1. The first kappa shape index (κ1) is 21.9. The topological polar surface area (TPSA) is 114 Å². The molecule has 0 unspecified atom stereocenters. The van der Waals surface area contributed by atoms with E-state index in [-0.39, 0.29) is 28.1 Å². The zero-order chi connectivity index (χ0) is 23.0. The lowest BCUT2D eigenvalue weighted by Crippen LogP contribution is -2.41. The van der Waals surface area contributed by atoms with Crippen LogP contribution in [-0.2, 0) is 22.9 Å². The third-order valence-corrected chi connectivity index (χ3v) is 6.86. The molecule has 3 aromatic rings. The Kier molecular flexibility index (Phi) is 5.70. The van der Waals surface area contributed by atoms with E-state index in [0.29, 0.717) is 30.2 Å². The van der Waals surface area contributed by atoms with Crippen LogP contribution < -0.4 is 11.1 Å². The molecule has 0 saturated carbocycles. The van der Waals surface area contributed by atoms with Crippen LogP contribution in [0.1, 0.15) is 16.1 Å². The summed E-state index contributed by atoms with van der Waals surface area (Å²) in [5, 5.41) is 3.03. The van der Waals surface area contributed by atoms with Gasteiger partial charge >= 0.3 is 6.03 Å². The predicted octanol–water partition coefficient (Wildman–Crippen LogP) is 3.36. The third-order valence-electron chi connectivity index (χ3n) is 5.36. The Labute approximate surface area is 190 Å². The Morgan fingerprint density at radius 3 is 2.28 bits per heavy atom. The molecule has 8 nitrogen and oxygen atoms in total. The van der Waals surface area contributed by atoms with Gasteiger partial charge in [0.05, 0.1) is 33.4 Å². The molecule has 2 aromatic carbocycles. The number of urea groups is 1. The minimum absolute atomic E-state index is 0.151. The van der Waals surface area contributed by atoms with Crippen LogP contribution in [-0.4, -0.2) is 42.6 Å². The Hall–Kier alpha value is -3.30. The Morgan fingerprint density at radius 1 is 1.03 bits per heavy atom. The van der Waals surface area contributed by atoms with Gasteiger partial charge in [-0.1, -0.05) is 41.9 Å². The number of sulfone groups is 1. The van der Waals surface area contributed by atoms with Crippen LogP contribution in [0, 0.1) is 0 Å². The first-order valence-corrected chi connectivity index (χ1v) is 12.1. The highest BCUT2D eigenvalue weighted by atomic mass is 35.5. The molecule has 1 aliphatic rings. The fraction of sp³-hybridized carbons (Fsp3) is 0.182. The van der Waals surface area contributed by atoms with Crippen LogP contribution in [0.2, 0.25) is 5.02 Å². The van der Waals surface area contributed by atoms with E-state index in [0.717, 1.165) is 11.8 Å². The second-order valence-electron chi connectivity index (χ2n) is 7.51. The van der Waals surface area contributed by atoms with Crippen molar-refractivity contribution in [3.8, 4) is 11.3 Å². The van der Waals surface area contributed by atoms with Crippen LogP contribution in [0.3, 0.4) is 0 Å². The SMILES string of the molecule is CS(=O)(=O)c1ccc(NC(=O)N2CCn3c(c(C(N)=O)c(Cl)c3-c3ccccc3)C2)cc1. The summed E-state index contributed by atoms with van der Waals surface area (Å²) in [4.78, 5) is 26.7. The summed E-state index contributed by atoms with van der Waals surface area (Å²) in [5.41, 5.74) is 8.42. The van der Waals surface area contributed by atoms with Gasteiger partial charge in [-0.05, 0) is 29.8 Å². The molecule has 10 heteroatoms. The molecule has 0 radical (unpaired) electrons. The summed E-state index contributed by atoms with van der Waals surface area (Å²) in [6, 6.07) is 15.0. The van der Waals surface area contributed by atoms with E-state index in [2.05, 4.69) is 5.32 Å². The van der Waals surface area contributed by atoms with Crippen molar-refractivity contribution in [1.82, 2.24) is 9.47 Å². The lowest BCUT2D eigenvalue weighted by molar-refractivity contribution is 0.0997. The van der Waals surface area contributed by atoms with Crippen LogP contribution in [0.4, 0.5) is 10.5 Å². The fourth-order valence-corrected chi connectivity index (χ4v) is 4.86. The van der Waals surface area contributed by atoms with E-state index < -0.39 is 15.7 Å². The van der Waals surface area contributed by atoms with Gasteiger partial charge < -0.3 is 20.5 Å². The molecule has 0 atom stereocenters. The maximum atomic E-state index is 12.8. The highest BCUT2D eigenvalue weighted by Crippen LogP contribution is 2.37. The summed E-state index contributed by atoms with van der Waals surface area (Å²) in [6.07, 6.45) is 1.12. The average Bonchev–Trinajstić information content (AvgIpc) is 3.05. The Bertz CT molecular complexity index is 1300. The molecular weight excluding hydrogens is 452 g/mol. The molecule has 0 aliphatic carbocycles. The number of rotatable bonds is 4. The van der Waals surface area contributed by atoms with Gasteiger partial charge in [0.15, 0.2) is 9.84 Å². The predicted molar refractivity (Wildman–Crippen MR) is 122 cm³/mol. The molecule has 0 spiro atoms. The number of hydrogen-bond donors (Lipinski definition) is 2. The molecule has 3 amide bonds. The van der Waals surface area contributed by atoms with Crippen molar-refractivity contribution in [2.45, 2.75) is 18.0 Å². The number of nitrogens with zero attached hydrogens (tertiary/aromatic N) is 2. The molecule has 0 saturated heterocycles. The van der Waals surface area contributed by atoms with Crippen molar-refractivity contribution in [3.05, 3.63) is 70.9 Å². The molecule has 1 aliphatic heterocycles. The van der Waals surface area contributed by atoms with Gasteiger partial charge in [0.2, 0.25) is 0 Å². The van der Waals surface area contributed by atoms with Crippen LogP contribution in [0.5, 0.6) is 0 Å². The second kappa shape index (κ2) is 8.33. The third kappa shape index (κ3) is 4.09. The van der Waals surface area contributed by atoms with Gasteiger partial charge in [0, 0.05) is 25.0 Å². The van der Waals surface area contributed by atoms with Gasteiger partial charge in [0.25, 0.3) is 5.91 Å². The van der Waals surface area contributed by atoms with Crippen molar-refractivity contribution in [2.24, 2.45) is 5.73 Å². The van der Waals surface area contributed by atoms with Gasteiger partial charge in [-0.2, -0.15) is 0 Å². The van der Waals surface area contributed by atoms with Gasteiger partial charge in [-0.3, -0.25) is 4.79 Å². The van der Waals surface area contributed by atoms with Crippen LogP contribution in [0.25, 0.3) is 11.3 Å². The highest BCUT2D eigenvalue weighted by Gasteiger charge is 2.31. The van der Waals surface area contributed by atoms with Crippen LogP contribution >= 0.6 is 11.6 Å².